The molecule has 2 nitrogen and oxygen atoms in total. The lowest BCUT2D eigenvalue weighted by Gasteiger charge is -2.06. The molecule has 1 aromatic heterocycles. The summed E-state index contributed by atoms with van der Waals surface area (Å²) in [5.74, 6) is 0. The summed E-state index contributed by atoms with van der Waals surface area (Å²) >= 11 is 0. The molecule has 1 heterocycles. The molecule has 0 aliphatic carbocycles. The summed E-state index contributed by atoms with van der Waals surface area (Å²) in [6.45, 7) is 0.506. The van der Waals surface area contributed by atoms with E-state index >= 15 is 0 Å². The molecule has 0 saturated carbocycles. The second-order valence-corrected chi connectivity index (χ2v) is 3.83. The summed E-state index contributed by atoms with van der Waals surface area (Å²) < 4.78 is 43.1. The molecule has 0 aliphatic rings. The first-order valence-electron chi connectivity index (χ1n) is 5.30. The van der Waals surface area contributed by atoms with Crippen molar-refractivity contribution in [1.82, 2.24) is 0 Å². The minimum atomic E-state index is -4.39. The van der Waals surface area contributed by atoms with Crippen molar-refractivity contribution in [2.45, 2.75) is 19.0 Å². The van der Waals surface area contributed by atoms with Crippen LogP contribution in [0.15, 0.2) is 28.9 Å². The highest BCUT2D eigenvalue weighted by Gasteiger charge is 2.34. The van der Waals surface area contributed by atoms with E-state index in [0.717, 1.165) is 18.1 Å². The summed E-state index contributed by atoms with van der Waals surface area (Å²) in [4.78, 5) is 0. The van der Waals surface area contributed by atoms with E-state index in [0.29, 0.717) is 18.4 Å². The highest BCUT2D eigenvalue weighted by molar-refractivity contribution is 5.84. The van der Waals surface area contributed by atoms with Crippen molar-refractivity contribution in [2.75, 3.05) is 6.54 Å². The zero-order valence-corrected chi connectivity index (χ0v) is 9.05. The quantitative estimate of drug-likeness (QED) is 0.897. The average Bonchev–Trinajstić information content (AvgIpc) is 2.67. The summed E-state index contributed by atoms with van der Waals surface area (Å²) in [7, 11) is 0. The van der Waals surface area contributed by atoms with E-state index in [2.05, 4.69) is 0 Å². The van der Waals surface area contributed by atoms with Crippen molar-refractivity contribution < 1.29 is 17.6 Å². The fraction of sp³-hybridized carbons (Fsp3) is 0.333. The maximum Gasteiger partial charge on any atom is 0.420 e. The van der Waals surface area contributed by atoms with Crippen LogP contribution < -0.4 is 5.73 Å². The van der Waals surface area contributed by atoms with E-state index in [1.165, 1.54) is 12.3 Å². The van der Waals surface area contributed by atoms with Crippen LogP contribution in [-0.4, -0.2) is 6.54 Å². The van der Waals surface area contributed by atoms with E-state index in [4.69, 9.17) is 10.2 Å². The number of alkyl halides is 3. The van der Waals surface area contributed by atoms with Gasteiger partial charge in [-0.25, -0.2) is 0 Å². The minimum Gasteiger partial charge on any atom is -0.463 e. The third kappa shape index (κ3) is 2.29. The molecule has 0 aliphatic heterocycles. The molecule has 0 spiro atoms. The van der Waals surface area contributed by atoms with Gasteiger partial charge in [-0.3, -0.25) is 0 Å². The Morgan fingerprint density at radius 2 is 2.00 bits per heavy atom. The van der Waals surface area contributed by atoms with Gasteiger partial charge in [-0.15, -0.1) is 0 Å². The number of hydrogen-bond acceptors (Lipinski definition) is 2. The van der Waals surface area contributed by atoms with E-state index < -0.39 is 11.7 Å². The fourth-order valence-corrected chi connectivity index (χ4v) is 1.82. The maximum absolute atomic E-state index is 12.7. The highest BCUT2D eigenvalue weighted by atomic mass is 19.4. The molecule has 0 atom stereocenters. The smallest absolute Gasteiger partial charge is 0.420 e. The summed E-state index contributed by atoms with van der Waals surface area (Å²) in [6, 6.07) is 4.06. The van der Waals surface area contributed by atoms with Crippen LogP contribution in [0, 0.1) is 0 Å². The van der Waals surface area contributed by atoms with Crippen LogP contribution >= 0.6 is 0 Å². The van der Waals surface area contributed by atoms with Gasteiger partial charge in [0.1, 0.15) is 5.58 Å². The molecule has 2 N–H and O–H groups in total. The Hall–Kier alpha value is -1.49. The first-order chi connectivity index (χ1) is 8.04. The summed E-state index contributed by atoms with van der Waals surface area (Å²) in [6.07, 6.45) is -1.65. The van der Waals surface area contributed by atoms with E-state index in [1.807, 2.05) is 0 Å². The molecular weight excluding hydrogens is 231 g/mol. The molecule has 0 amide bonds. The van der Waals surface area contributed by atoms with Gasteiger partial charge in [0.15, 0.2) is 0 Å². The van der Waals surface area contributed by atoms with Crippen molar-refractivity contribution in [1.29, 1.82) is 0 Å². The van der Waals surface area contributed by atoms with Gasteiger partial charge in [0, 0.05) is 5.39 Å². The predicted octanol–water partition coefficient (Wildman–Crippen LogP) is 3.34. The lowest BCUT2D eigenvalue weighted by atomic mass is 10.1. The fourth-order valence-electron chi connectivity index (χ4n) is 1.82. The van der Waals surface area contributed by atoms with Crippen LogP contribution in [0.5, 0.6) is 0 Å². The molecule has 1 aromatic carbocycles. The van der Waals surface area contributed by atoms with E-state index in [-0.39, 0.29) is 5.58 Å². The largest absolute Gasteiger partial charge is 0.463 e. The van der Waals surface area contributed by atoms with Gasteiger partial charge in [0.2, 0.25) is 0 Å². The van der Waals surface area contributed by atoms with Crippen molar-refractivity contribution in [3.8, 4) is 0 Å². The van der Waals surface area contributed by atoms with Gasteiger partial charge in [-0.05, 0) is 31.0 Å². The summed E-state index contributed by atoms with van der Waals surface area (Å²) in [5, 5.41) is 0.522. The Morgan fingerprint density at radius 3 is 2.65 bits per heavy atom. The van der Waals surface area contributed by atoms with Crippen LogP contribution in [0.2, 0.25) is 0 Å². The molecule has 0 fully saturated rings. The molecule has 0 bridgehead atoms. The molecule has 92 valence electrons. The lowest BCUT2D eigenvalue weighted by Crippen LogP contribution is -2.05. The van der Waals surface area contributed by atoms with Crippen molar-refractivity contribution in [3.63, 3.8) is 0 Å². The van der Waals surface area contributed by atoms with Crippen molar-refractivity contribution >= 4 is 11.0 Å². The molecule has 0 saturated heterocycles. The zero-order valence-electron chi connectivity index (χ0n) is 9.05. The van der Waals surface area contributed by atoms with Crippen LogP contribution in [0.3, 0.4) is 0 Å². The number of fused-ring (bicyclic) bond motifs is 1. The standard InChI is InChI=1S/C12H12F3NO/c13-12(14,15)10-5-1-4-9-8(3-2-6-16)7-17-11(9)10/h1,4-5,7H,2-3,6,16H2. The SMILES string of the molecule is NCCCc1coc2c(C(F)(F)F)cccc12. The number of para-hydroxylation sites is 1. The van der Waals surface area contributed by atoms with Gasteiger partial charge in [-0.1, -0.05) is 12.1 Å². The Morgan fingerprint density at radius 1 is 1.24 bits per heavy atom. The van der Waals surface area contributed by atoms with Gasteiger partial charge in [-0.2, -0.15) is 13.2 Å². The number of nitrogens with two attached hydrogens (primary N) is 1. The second kappa shape index (κ2) is 4.41. The molecule has 5 heteroatoms. The van der Waals surface area contributed by atoms with Crippen LogP contribution in [0.1, 0.15) is 17.5 Å². The van der Waals surface area contributed by atoms with Gasteiger partial charge < -0.3 is 10.2 Å². The minimum absolute atomic E-state index is 0.0907. The van der Waals surface area contributed by atoms with Gasteiger partial charge in [0.25, 0.3) is 0 Å². The molecule has 0 unspecified atom stereocenters. The first-order valence-corrected chi connectivity index (χ1v) is 5.30. The Balaban J connectivity index is 2.49. The summed E-state index contributed by atoms with van der Waals surface area (Å²) in [5.41, 5.74) is 5.33. The topological polar surface area (TPSA) is 39.2 Å². The maximum atomic E-state index is 12.7. The van der Waals surface area contributed by atoms with E-state index in [9.17, 15) is 13.2 Å². The number of rotatable bonds is 3. The Kier molecular flexibility index (Phi) is 3.11. The lowest BCUT2D eigenvalue weighted by molar-refractivity contribution is -0.136. The third-order valence-corrected chi connectivity index (χ3v) is 2.64. The van der Waals surface area contributed by atoms with Crippen molar-refractivity contribution in [2.24, 2.45) is 5.73 Å². The van der Waals surface area contributed by atoms with Gasteiger partial charge in [0.05, 0.1) is 11.8 Å². The van der Waals surface area contributed by atoms with Crippen LogP contribution in [-0.2, 0) is 12.6 Å². The number of benzene rings is 1. The molecule has 2 aromatic rings. The van der Waals surface area contributed by atoms with Gasteiger partial charge >= 0.3 is 6.18 Å². The number of furan rings is 1. The Labute approximate surface area is 96.2 Å². The number of hydrogen-bond donors (Lipinski definition) is 1. The first kappa shape index (κ1) is 12.0. The monoisotopic (exact) mass is 243 g/mol. The molecule has 2 rings (SSSR count). The number of aryl methyl sites for hydroxylation is 1. The predicted molar refractivity (Wildman–Crippen MR) is 58.6 cm³/mol. The molecule has 17 heavy (non-hydrogen) atoms. The van der Waals surface area contributed by atoms with Crippen molar-refractivity contribution in [3.05, 3.63) is 35.6 Å². The normalized spacial score (nSPS) is 12.2. The molecule has 0 radical (unpaired) electrons. The molecular formula is C12H12F3NO. The highest BCUT2D eigenvalue weighted by Crippen LogP contribution is 2.36. The van der Waals surface area contributed by atoms with Crippen LogP contribution in [0.25, 0.3) is 11.0 Å². The second-order valence-electron chi connectivity index (χ2n) is 3.83. The third-order valence-electron chi connectivity index (χ3n) is 2.64. The Bertz CT molecular complexity index is 516. The van der Waals surface area contributed by atoms with E-state index in [1.54, 1.807) is 6.07 Å². The average molecular weight is 243 g/mol. The number of halogens is 3. The zero-order chi connectivity index (χ0) is 12.5. The van der Waals surface area contributed by atoms with Crippen LogP contribution in [0.4, 0.5) is 13.2 Å².